The lowest BCUT2D eigenvalue weighted by Gasteiger charge is -2.31. The number of alkyl halides is 2. The molecule has 1 amide bonds. The van der Waals surface area contributed by atoms with E-state index >= 15 is 0 Å². The second-order valence-electron chi connectivity index (χ2n) is 8.09. The van der Waals surface area contributed by atoms with Gasteiger partial charge in [-0.05, 0) is 30.7 Å². The van der Waals surface area contributed by atoms with Gasteiger partial charge in [0, 0.05) is 36.2 Å². The zero-order chi connectivity index (χ0) is 22.5. The first-order valence-electron chi connectivity index (χ1n) is 10.1. The molecule has 8 nitrogen and oxygen atoms in total. The van der Waals surface area contributed by atoms with Crippen LogP contribution in [0.25, 0.3) is 11.4 Å². The second-order valence-corrected chi connectivity index (χ2v) is 8.09. The first kappa shape index (κ1) is 20.1. The summed E-state index contributed by atoms with van der Waals surface area (Å²) in [6, 6.07) is 6.86. The van der Waals surface area contributed by atoms with Gasteiger partial charge in [0.2, 0.25) is 23.5 Å². The number of amidine groups is 1. The lowest BCUT2D eigenvalue weighted by atomic mass is 9.81. The van der Waals surface area contributed by atoms with Crippen LogP contribution in [0.2, 0.25) is 0 Å². The minimum atomic E-state index is -2.67. The fraction of sp³-hybridized carbons (Fsp3) is 0.318. The summed E-state index contributed by atoms with van der Waals surface area (Å²) in [5.41, 5.74) is 2.51. The first-order valence-corrected chi connectivity index (χ1v) is 10.1. The molecular weight excluding hydrogens is 418 g/mol. The molecule has 1 unspecified atom stereocenters. The zero-order valence-electron chi connectivity index (χ0n) is 17.0. The van der Waals surface area contributed by atoms with Crippen molar-refractivity contribution in [1.29, 1.82) is 5.26 Å². The number of amides is 1. The smallest absolute Gasteiger partial charge is 0.249 e. The zero-order valence-corrected chi connectivity index (χ0v) is 17.0. The number of nitriles is 1. The molecule has 0 saturated heterocycles. The number of carbonyl (C=O) groups is 1. The van der Waals surface area contributed by atoms with E-state index in [0.29, 0.717) is 22.7 Å². The average molecular weight is 436 g/mol. The predicted octanol–water partition coefficient (Wildman–Crippen LogP) is 3.56. The third-order valence-electron chi connectivity index (χ3n) is 5.79. The van der Waals surface area contributed by atoms with Gasteiger partial charge in [-0.15, -0.1) is 0 Å². The van der Waals surface area contributed by atoms with Crippen LogP contribution >= 0.6 is 0 Å². The van der Waals surface area contributed by atoms with Crippen molar-refractivity contribution in [1.82, 2.24) is 15.0 Å². The largest absolute Gasteiger partial charge is 0.339 e. The fourth-order valence-corrected chi connectivity index (χ4v) is 3.90. The SMILES string of the molecule is Cc1ccc(-c2noc(C3CC(F)(F)C3)n2)cc1NC(=O)C1CN=C2C=C(C#N)C=CN21. The van der Waals surface area contributed by atoms with Crippen molar-refractivity contribution in [2.24, 2.45) is 4.99 Å². The van der Waals surface area contributed by atoms with Gasteiger partial charge in [-0.3, -0.25) is 9.79 Å². The maximum Gasteiger partial charge on any atom is 0.249 e. The van der Waals surface area contributed by atoms with Crippen LogP contribution in [0.4, 0.5) is 14.5 Å². The number of benzene rings is 1. The molecular formula is C22H18F2N6O2. The summed E-state index contributed by atoms with van der Waals surface area (Å²) >= 11 is 0. The molecule has 0 radical (unpaired) electrons. The van der Waals surface area contributed by atoms with Gasteiger partial charge in [-0.2, -0.15) is 10.2 Å². The summed E-state index contributed by atoms with van der Waals surface area (Å²) in [5, 5.41) is 15.9. The van der Waals surface area contributed by atoms with Gasteiger partial charge in [-0.25, -0.2) is 8.78 Å². The molecule has 5 rings (SSSR count). The number of anilines is 1. The number of fused-ring (bicyclic) bond motifs is 1. The molecule has 1 atom stereocenters. The summed E-state index contributed by atoms with van der Waals surface area (Å²) in [6.07, 6.45) is 4.40. The molecule has 3 aliphatic rings. The number of rotatable bonds is 4. The predicted molar refractivity (Wildman–Crippen MR) is 111 cm³/mol. The maximum atomic E-state index is 13.1. The van der Waals surface area contributed by atoms with E-state index in [-0.39, 0.29) is 37.0 Å². The van der Waals surface area contributed by atoms with Crippen molar-refractivity contribution < 1.29 is 18.1 Å². The van der Waals surface area contributed by atoms with Crippen LogP contribution in [0, 0.1) is 18.3 Å². The number of allylic oxidation sites excluding steroid dienone is 2. The Kier molecular flexibility index (Phi) is 4.62. The van der Waals surface area contributed by atoms with E-state index in [1.807, 2.05) is 13.0 Å². The van der Waals surface area contributed by atoms with Gasteiger partial charge in [0.25, 0.3) is 0 Å². The highest BCUT2D eigenvalue weighted by Crippen LogP contribution is 2.48. The number of aryl methyl sites for hydroxylation is 1. The number of nitrogens with zero attached hydrogens (tertiary/aromatic N) is 5. The van der Waals surface area contributed by atoms with Crippen LogP contribution in [0.15, 0.2) is 51.6 Å². The molecule has 10 heteroatoms. The number of aliphatic imine (C=N–C) groups is 1. The van der Waals surface area contributed by atoms with E-state index in [2.05, 4.69) is 26.5 Å². The van der Waals surface area contributed by atoms with Crippen molar-refractivity contribution in [3.63, 3.8) is 0 Å². The van der Waals surface area contributed by atoms with Gasteiger partial charge >= 0.3 is 0 Å². The summed E-state index contributed by atoms with van der Waals surface area (Å²) in [6.45, 7) is 2.14. The number of hydrogen-bond donors (Lipinski definition) is 1. The van der Waals surface area contributed by atoms with E-state index in [4.69, 9.17) is 9.78 Å². The minimum absolute atomic E-state index is 0.203. The molecule has 0 bridgehead atoms. The average Bonchev–Trinajstić information content (AvgIpc) is 3.40. The van der Waals surface area contributed by atoms with Gasteiger partial charge < -0.3 is 14.7 Å². The number of hydrogen-bond acceptors (Lipinski definition) is 7. The summed E-state index contributed by atoms with van der Waals surface area (Å²) in [5.74, 6) is -2.27. The van der Waals surface area contributed by atoms with E-state index < -0.39 is 17.9 Å². The molecule has 1 aliphatic carbocycles. The van der Waals surface area contributed by atoms with Crippen LogP contribution in [0.3, 0.4) is 0 Å². The van der Waals surface area contributed by atoms with Crippen molar-refractivity contribution in [2.45, 2.75) is 37.6 Å². The van der Waals surface area contributed by atoms with E-state index in [1.54, 1.807) is 35.4 Å². The molecule has 2 aromatic rings. The Bertz CT molecular complexity index is 1230. The van der Waals surface area contributed by atoms with Crippen molar-refractivity contribution in [3.05, 3.63) is 53.6 Å². The van der Waals surface area contributed by atoms with Crippen LogP contribution in [-0.4, -0.2) is 45.3 Å². The highest BCUT2D eigenvalue weighted by molar-refractivity contribution is 6.05. The molecule has 32 heavy (non-hydrogen) atoms. The van der Waals surface area contributed by atoms with E-state index in [1.165, 1.54) is 0 Å². The highest BCUT2D eigenvalue weighted by atomic mass is 19.3. The molecule has 162 valence electrons. The standard InChI is InChI=1S/C22H18F2N6O2/c1-12-2-3-14(19-28-21(32-29-19)15-8-22(23,24)9-15)7-16(12)27-20(31)17-11-26-18-6-13(10-25)4-5-30(17)18/h2-7,15,17H,8-9,11H2,1H3,(H,27,31). The number of halogens is 2. The van der Waals surface area contributed by atoms with Gasteiger partial charge in [0.05, 0.1) is 18.2 Å². The first-order chi connectivity index (χ1) is 15.3. The molecule has 1 saturated carbocycles. The van der Waals surface area contributed by atoms with Crippen LogP contribution in [-0.2, 0) is 4.79 Å². The number of carbonyl (C=O) groups excluding carboxylic acids is 1. The Balaban J connectivity index is 1.31. The second kappa shape index (κ2) is 7.37. The number of nitrogens with one attached hydrogen (secondary N) is 1. The minimum Gasteiger partial charge on any atom is -0.339 e. The van der Waals surface area contributed by atoms with Gasteiger partial charge in [0.15, 0.2) is 0 Å². The highest BCUT2D eigenvalue weighted by Gasteiger charge is 2.48. The lowest BCUT2D eigenvalue weighted by molar-refractivity contribution is -0.118. The van der Waals surface area contributed by atoms with E-state index in [0.717, 1.165) is 5.56 Å². The molecule has 1 aromatic heterocycles. The fourth-order valence-electron chi connectivity index (χ4n) is 3.90. The topological polar surface area (TPSA) is 107 Å². The molecule has 3 heterocycles. The molecule has 0 spiro atoms. The Morgan fingerprint density at radius 3 is 2.94 bits per heavy atom. The normalized spacial score (nSPS) is 21.3. The third kappa shape index (κ3) is 3.56. The molecule has 1 fully saturated rings. The van der Waals surface area contributed by atoms with E-state index in [9.17, 15) is 13.6 Å². The summed E-state index contributed by atoms with van der Waals surface area (Å²) < 4.78 is 31.4. The van der Waals surface area contributed by atoms with Crippen LogP contribution < -0.4 is 5.32 Å². The Morgan fingerprint density at radius 1 is 1.38 bits per heavy atom. The molecule has 2 aliphatic heterocycles. The van der Waals surface area contributed by atoms with Crippen molar-refractivity contribution in [2.75, 3.05) is 11.9 Å². The van der Waals surface area contributed by atoms with Crippen LogP contribution in [0.5, 0.6) is 0 Å². The molecule has 1 N–H and O–H groups in total. The van der Waals surface area contributed by atoms with Crippen LogP contribution in [0.1, 0.15) is 30.2 Å². The molecule has 1 aromatic carbocycles. The Labute approximate surface area is 181 Å². The number of aromatic nitrogens is 2. The van der Waals surface area contributed by atoms with Crippen molar-refractivity contribution >= 4 is 17.4 Å². The van der Waals surface area contributed by atoms with Crippen molar-refractivity contribution in [3.8, 4) is 17.5 Å². The Morgan fingerprint density at radius 2 is 2.19 bits per heavy atom. The summed E-state index contributed by atoms with van der Waals surface area (Å²) in [7, 11) is 0. The quantitative estimate of drug-likeness (QED) is 0.785. The lowest BCUT2D eigenvalue weighted by Crippen LogP contribution is -2.42. The summed E-state index contributed by atoms with van der Waals surface area (Å²) in [4.78, 5) is 23.3. The Hall–Kier alpha value is -3.87. The monoisotopic (exact) mass is 436 g/mol. The van der Waals surface area contributed by atoms with Gasteiger partial charge in [0.1, 0.15) is 11.9 Å². The third-order valence-corrected chi connectivity index (χ3v) is 5.79. The van der Waals surface area contributed by atoms with Gasteiger partial charge in [-0.1, -0.05) is 17.3 Å². The maximum absolute atomic E-state index is 13.1.